The van der Waals surface area contributed by atoms with Gasteiger partial charge in [-0.25, -0.2) is 4.79 Å². The highest BCUT2D eigenvalue weighted by Crippen LogP contribution is 2.06. The minimum atomic E-state index is -4.53. The molecule has 14 heavy (non-hydrogen) atoms. The molecule has 0 aromatic rings. The Bertz CT molecular complexity index is 293. The second-order valence-corrected chi connectivity index (χ2v) is 5.16. The molecule has 1 N–H and O–H groups in total. The maximum Gasteiger partial charge on any atom is 0.407 e. The van der Waals surface area contributed by atoms with Crippen LogP contribution in [0.25, 0.3) is 0 Å². The molecule has 0 atom stereocenters. The number of amides is 1. The zero-order chi connectivity index (χ0) is 11.4. The highest BCUT2D eigenvalue weighted by Gasteiger charge is 2.16. The molecule has 0 aromatic heterocycles. The Morgan fingerprint density at radius 2 is 1.93 bits per heavy atom. The van der Waals surface area contributed by atoms with Crippen molar-refractivity contribution in [2.75, 3.05) is 12.3 Å². The highest BCUT2D eigenvalue weighted by atomic mass is 32.3. The van der Waals surface area contributed by atoms with Crippen LogP contribution in [-0.2, 0) is 15.0 Å². The number of ether oxygens (including phenoxy) is 1. The van der Waals surface area contributed by atoms with Gasteiger partial charge in [0.1, 0.15) is 5.60 Å². The minimum absolute atomic E-state index is 0.298. The number of alkyl carbamates (subject to hydrolysis) is 1. The van der Waals surface area contributed by atoms with Crippen LogP contribution in [0.5, 0.6) is 0 Å². The predicted molar refractivity (Wildman–Crippen MR) is 49.1 cm³/mol. The Morgan fingerprint density at radius 3 is 2.29 bits per heavy atom. The first-order chi connectivity index (χ1) is 6.10. The molecule has 84 valence electrons. The van der Waals surface area contributed by atoms with Crippen molar-refractivity contribution in [2.45, 2.75) is 26.4 Å². The molecule has 0 aliphatic carbocycles. The van der Waals surface area contributed by atoms with Gasteiger partial charge >= 0.3 is 16.3 Å². The smallest absolute Gasteiger partial charge is 0.407 e. The van der Waals surface area contributed by atoms with E-state index >= 15 is 0 Å². The molecule has 5 nitrogen and oxygen atoms in total. The van der Waals surface area contributed by atoms with Crippen LogP contribution in [0, 0.1) is 0 Å². The van der Waals surface area contributed by atoms with Crippen LogP contribution in [0.3, 0.4) is 0 Å². The van der Waals surface area contributed by atoms with Crippen LogP contribution < -0.4 is 5.32 Å². The quantitative estimate of drug-likeness (QED) is 0.724. The van der Waals surface area contributed by atoms with Crippen LogP contribution in [0.4, 0.5) is 8.68 Å². The third kappa shape index (κ3) is 9.24. The predicted octanol–water partition coefficient (Wildman–Crippen LogP) is 0.810. The molecule has 0 unspecified atom stereocenters. The van der Waals surface area contributed by atoms with Crippen LogP contribution in [0.15, 0.2) is 0 Å². The van der Waals surface area contributed by atoms with Crippen molar-refractivity contribution in [3.05, 3.63) is 0 Å². The lowest BCUT2D eigenvalue weighted by molar-refractivity contribution is 0.0531. The lowest BCUT2D eigenvalue weighted by Gasteiger charge is -2.19. The van der Waals surface area contributed by atoms with Crippen molar-refractivity contribution in [3.63, 3.8) is 0 Å². The van der Waals surface area contributed by atoms with Gasteiger partial charge in [0, 0.05) is 6.54 Å². The molecule has 1 amide bonds. The van der Waals surface area contributed by atoms with Crippen LogP contribution >= 0.6 is 0 Å². The van der Waals surface area contributed by atoms with Gasteiger partial charge in [0.2, 0.25) is 0 Å². The molecule has 0 saturated carbocycles. The summed E-state index contributed by atoms with van der Waals surface area (Å²) in [4.78, 5) is 10.9. The minimum Gasteiger partial charge on any atom is -0.444 e. The zero-order valence-corrected chi connectivity index (χ0v) is 9.15. The van der Waals surface area contributed by atoms with E-state index in [9.17, 15) is 17.1 Å². The Kier molecular flexibility index (Phi) is 4.31. The Balaban J connectivity index is 3.77. The standard InChI is InChI=1S/C7H14FNO4S/c1-7(2,3)13-6(10)9-4-5-14(8,11)12/h4-5H2,1-3H3,(H,9,10). The third-order valence-corrected chi connectivity index (χ3v) is 1.71. The number of hydrogen-bond acceptors (Lipinski definition) is 4. The van der Waals surface area contributed by atoms with Gasteiger partial charge in [0.05, 0.1) is 5.75 Å². The summed E-state index contributed by atoms with van der Waals surface area (Å²) in [5.74, 6) is -0.744. The van der Waals surface area contributed by atoms with Gasteiger partial charge in [0.15, 0.2) is 0 Å². The summed E-state index contributed by atoms with van der Waals surface area (Å²) in [5, 5.41) is 2.12. The summed E-state index contributed by atoms with van der Waals surface area (Å²) in [7, 11) is -4.53. The fourth-order valence-corrected chi connectivity index (χ4v) is 0.935. The van der Waals surface area contributed by atoms with E-state index in [1.165, 1.54) is 0 Å². The summed E-state index contributed by atoms with van der Waals surface area (Å²) in [6.45, 7) is 4.70. The van der Waals surface area contributed by atoms with Crippen molar-refractivity contribution in [1.29, 1.82) is 0 Å². The number of nitrogens with one attached hydrogen (secondary N) is 1. The van der Waals surface area contributed by atoms with E-state index in [0.717, 1.165) is 0 Å². The first-order valence-electron chi connectivity index (χ1n) is 3.99. The zero-order valence-electron chi connectivity index (χ0n) is 8.33. The molecule has 0 radical (unpaired) electrons. The third-order valence-electron chi connectivity index (χ3n) is 1.01. The average Bonchev–Trinajstić information content (AvgIpc) is 1.78. The summed E-state index contributed by atoms with van der Waals surface area (Å²) < 4.78 is 36.8. The normalized spacial score (nSPS) is 12.3. The highest BCUT2D eigenvalue weighted by molar-refractivity contribution is 7.86. The Labute approximate surface area is 82.8 Å². The molecule has 0 spiro atoms. The summed E-state index contributed by atoms with van der Waals surface area (Å²) in [6.07, 6.45) is -0.763. The molecule has 0 saturated heterocycles. The van der Waals surface area contributed by atoms with Crippen molar-refractivity contribution in [2.24, 2.45) is 0 Å². The number of carbonyl (C=O) groups is 1. The van der Waals surface area contributed by atoms with Crippen LogP contribution in [-0.4, -0.2) is 32.4 Å². The van der Waals surface area contributed by atoms with E-state index < -0.39 is 27.7 Å². The van der Waals surface area contributed by atoms with Gasteiger partial charge < -0.3 is 10.1 Å². The van der Waals surface area contributed by atoms with Crippen molar-refractivity contribution in [3.8, 4) is 0 Å². The van der Waals surface area contributed by atoms with Gasteiger partial charge in [0.25, 0.3) is 0 Å². The average molecular weight is 227 g/mol. The topological polar surface area (TPSA) is 72.5 Å². The van der Waals surface area contributed by atoms with Gasteiger partial charge in [-0.15, -0.1) is 3.89 Å². The molecule has 0 aliphatic heterocycles. The number of carbonyl (C=O) groups excluding carboxylic acids is 1. The molecule has 0 aromatic carbocycles. The lowest BCUT2D eigenvalue weighted by Crippen LogP contribution is -2.34. The number of hydrogen-bond donors (Lipinski definition) is 1. The van der Waals surface area contributed by atoms with Gasteiger partial charge in [-0.3, -0.25) is 0 Å². The van der Waals surface area contributed by atoms with Crippen molar-refractivity contribution >= 4 is 16.3 Å². The first-order valence-corrected chi connectivity index (χ1v) is 5.54. The van der Waals surface area contributed by atoms with E-state index in [0.29, 0.717) is 0 Å². The van der Waals surface area contributed by atoms with Gasteiger partial charge in [-0.2, -0.15) is 8.42 Å². The Morgan fingerprint density at radius 1 is 1.43 bits per heavy atom. The lowest BCUT2D eigenvalue weighted by atomic mass is 10.2. The molecule has 0 aliphatic rings. The second-order valence-electron chi connectivity index (χ2n) is 3.67. The van der Waals surface area contributed by atoms with Crippen LogP contribution in [0.2, 0.25) is 0 Å². The van der Waals surface area contributed by atoms with Crippen LogP contribution in [0.1, 0.15) is 20.8 Å². The Hall–Kier alpha value is -0.850. The molecule has 0 heterocycles. The number of rotatable bonds is 3. The second kappa shape index (κ2) is 4.59. The van der Waals surface area contributed by atoms with E-state index in [1.54, 1.807) is 20.8 Å². The molecule has 0 fully saturated rings. The summed E-state index contributed by atoms with van der Waals surface area (Å²) in [6, 6.07) is 0. The fraction of sp³-hybridized carbons (Fsp3) is 0.857. The van der Waals surface area contributed by atoms with E-state index in [4.69, 9.17) is 4.74 Å². The van der Waals surface area contributed by atoms with E-state index in [2.05, 4.69) is 5.32 Å². The summed E-state index contributed by atoms with van der Waals surface area (Å²) >= 11 is 0. The first kappa shape index (κ1) is 13.2. The molecular weight excluding hydrogens is 213 g/mol. The van der Waals surface area contributed by atoms with Gasteiger partial charge in [-0.1, -0.05) is 0 Å². The maximum atomic E-state index is 12.0. The van der Waals surface area contributed by atoms with Gasteiger partial charge in [-0.05, 0) is 20.8 Å². The SMILES string of the molecule is CC(C)(C)OC(=O)NCCS(=O)(=O)F. The fourth-order valence-electron chi connectivity index (χ4n) is 0.589. The molecule has 0 bridgehead atoms. The molecular formula is C7H14FNO4S. The molecule has 0 rings (SSSR count). The van der Waals surface area contributed by atoms with E-state index in [1.807, 2.05) is 0 Å². The largest absolute Gasteiger partial charge is 0.444 e. The number of halogens is 1. The summed E-state index contributed by atoms with van der Waals surface area (Å²) in [5.41, 5.74) is -0.654. The van der Waals surface area contributed by atoms with Crippen molar-refractivity contribution in [1.82, 2.24) is 5.32 Å². The molecule has 7 heteroatoms. The maximum absolute atomic E-state index is 12.0. The van der Waals surface area contributed by atoms with Crippen molar-refractivity contribution < 1.29 is 21.8 Å². The van der Waals surface area contributed by atoms with E-state index in [-0.39, 0.29) is 6.54 Å². The monoisotopic (exact) mass is 227 g/mol.